The summed E-state index contributed by atoms with van der Waals surface area (Å²) in [4.78, 5) is 12.1. The van der Waals surface area contributed by atoms with Crippen LogP contribution in [-0.2, 0) is 11.2 Å². The summed E-state index contributed by atoms with van der Waals surface area (Å²) in [6.07, 6.45) is 0.920. The molecule has 0 aromatic heterocycles. The van der Waals surface area contributed by atoms with E-state index in [-0.39, 0.29) is 23.8 Å². The number of benzene rings is 2. The molecule has 0 aliphatic heterocycles. The zero-order chi connectivity index (χ0) is 17.7. The largest absolute Gasteiger partial charge is 0.353 e. The van der Waals surface area contributed by atoms with Crippen LogP contribution in [0.25, 0.3) is 0 Å². The van der Waals surface area contributed by atoms with Crippen molar-refractivity contribution < 1.29 is 4.79 Å². The summed E-state index contributed by atoms with van der Waals surface area (Å²) in [5.74, 6) is 0.379. The van der Waals surface area contributed by atoms with Crippen molar-refractivity contribution in [2.45, 2.75) is 53.0 Å². The summed E-state index contributed by atoms with van der Waals surface area (Å²) in [5.41, 5.74) is 5.11. The Kier molecular flexibility index (Phi) is 6.19. The summed E-state index contributed by atoms with van der Waals surface area (Å²) in [5, 5.41) is 3.19. The zero-order valence-corrected chi connectivity index (χ0v) is 15.5. The molecule has 0 bridgehead atoms. The second-order valence-electron chi connectivity index (χ2n) is 7.16. The Labute approximate surface area is 146 Å². The molecule has 0 aliphatic rings. The third-order valence-corrected chi connectivity index (χ3v) is 4.54. The number of hydrogen-bond donors (Lipinski definition) is 1. The number of rotatable bonds is 6. The summed E-state index contributed by atoms with van der Waals surface area (Å²) in [6, 6.07) is 17.4. The molecule has 0 radical (unpaired) electrons. The lowest BCUT2D eigenvalue weighted by Gasteiger charge is -2.27. The number of amides is 1. The molecular weight excluding hydrogens is 294 g/mol. The summed E-state index contributed by atoms with van der Waals surface area (Å²) < 4.78 is 0. The maximum absolute atomic E-state index is 12.1. The second kappa shape index (κ2) is 8.14. The molecule has 2 aromatic carbocycles. The molecule has 1 amide bonds. The van der Waals surface area contributed by atoms with Gasteiger partial charge in [-0.05, 0) is 38.3 Å². The van der Waals surface area contributed by atoms with Crippen molar-refractivity contribution in [3.63, 3.8) is 0 Å². The van der Waals surface area contributed by atoms with Crippen molar-refractivity contribution in [2.75, 3.05) is 0 Å². The average Bonchev–Trinajstić information content (AvgIpc) is 2.54. The standard InChI is InChI=1S/C22H29NO/c1-15(2)22(24)23-18(5)21(20-8-6-7-17(4)13-20)14-19-11-9-16(3)10-12-19/h6-13,15,18,21H,14H2,1-5H3,(H,23,24). The van der Waals surface area contributed by atoms with Crippen LogP contribution in [0.5, 0.6) is 0 Å². The fourth-order valence-electron chi connectivity index (χ4n) is 2.95. The van der Waals surface area contributed by atoms with E-state index in [0.717, 1.165) is 6.42 Å². The minimum absolute atomic E-state index is 0.00462. The summed E-state index contributed by atoms with van der Waals surface area (Å²) >= 11 is 0. The Morgan fingerprint density at radius 1 is 0.958 bits per heavy atom. The van der Waals surface area contributed by atoms with E-state index in [1.807, 2.05) is 13.8 Å². The van der Waals surface area contributed by atoms with Crippen LogP contribution in [0.15, 0.2) is 48.5 Å². The van der Waals surface area contributed by atoms with Crippen LogP contribution in [0, 0.1) is 19.8 Å². The first kappa shape index (κ1) is 18.3. The Balaban J connectivity index is 2.26. The lowest BCUT2D eigenvalue weighted by Crippen LogP contribution is -2.40. The summed E-state index contributed by atoms with van der Waals surface area (Å²) in [6.45, 7) is 10.2. The van der Waals surface area contributed by atoms with Gasteiger partial charge in [0.05, 0.1) is 0 Å². The van der Waals surface area contributed by atoms with Gasteiger partial charge in [0.2, 0.25) is 5.91 Å². The number of hydrogen-bond acceptors (Lipinski definition) is 1. The topological polar surface area (TPSA) is 29.1 Å². The van der Waals surface area contributed by atoms with Gasteiger partial charge < -0.3 is 5.32 Å². The number of carbonyl (C=O) groups excluding carboxylic acids is 1. The van der Waals surface area contributed by atoms with Crippen molar-refractivity contribution in [2.24, 2.45) is 5.92 Å². The third-order valence-electron chi connectivity index (χ3n) is 4.54. The highest BCUT2D eigenvalue weighted by molar-refractivity contribution is 5.78. The van der Waals surface area contributed by atoms with Crippen molar-refractivity contribution in [3.05, 3.63) is 70.8 Å². The molecule has 1 N–H and O–H groups in total. The van der Waals surface area contributed by atoms with Gasteiger partial charge in [0, 0.05) is 17.9 Å². The Bertz CT molecular complexity index is 673. The number of carbonyl (C=O) groups is 1. The van der Waals surface area contributed by atoms with Crippen LogP contribution in [-0.4, -0.2) is 11.9 Å². The van der Waals surface area contributed by atoms with Gasteiger partial charge in [0.25, 0.3) is 0 Å². The van der Waals surface area contributed by atoms with Crippen molar-refractivity contribution in [1.82, 2.24) is 5.32 Å². The highest BCUT2D eigenvalue weighted by atomic mass is 16.1. The van der Waals surface area contributed by atoms with Crippen LogP contribution in [0.2, 0.25) is 0 Å². The molecular formula is C22H29NO. The highest BCUT2D eigenvalue weighted by Gasteiger charge is 2.22. The van der Waals surface area contributed by atoms with Crippen LogP contribution in [0.1, 0.15) is 48.9 Å². The molecule has 24 heavy (non-hydrogen) atoms. The molecule has 2 heteroatoms. The van der Waals surface area contributed by atoms with E-state index in [1.54, 1.807) is 0 Å². The maximum atomic E-state index is 12.1. The quantitative estimate of drug-likeness (QED) is 0.813. The van der Waals surface area contributed by atoms with E-state index in [2.05, 4.69) is 74.6 Å². The van der Waals surface area contributed by atoms with Crippen molar-refractivity contribution in [1.29, 1.82) is 0 Å². The predicted octanol–water partition coefficient (Wildman–Crippen LogP) is 4.79. The van der Waals surface area contributed by atoms with E-state index < -0.39 is 0 Å². The van der Waals surface area contributed by atoms with Gasteiger partial charge in [-0.25, -0.2) is 0 Å². The van der Waals surface area contributed by atoms with Gasteiger partial charge in [-0.15, -0.1) is 0 Å². The number of nitrogens with one attached hydrogen (secondary N) is 1. The van der Waals surface area contributed by atoms with Crippen molar-refractivity contribution in [3.8, 4) is 0 Å². The lowest BCUT2D eigenvalue weighted by molar-refractivity contribution is -0.124. The Hall–Kier alpha value is -2.09. The molecule has 2 rings (SSSR count). The molecule has 0 aliphatic carbocycles. The van der Waals surface area contributed by atoms with Crippen molar-refractivity contribution >= 4 is 5.91 Å². The van der Waals surface area contributed by atoms with Gasteiger partial charge in [-0.1, -0.05) is 73.5 Å². The van der Waals surface area contributed by atoms with Crippen LogP contribution in [0.4, 0.5) is 0 Å². The molecule has 2 aromatic rings. The molecule has 2 atom stereocenters. The fraction of sp³-hybridized carbons (Fsp3) is 0.409. The van der Waals surface area contributed by atoms with Crippen LogP contribution >= 0.6 is 0 Å². The van der Waals surface area contributed by atoms with Gasteiger partial charge in [-0.3, -0.25) is 4.79 Å². The molecule has 0 spiro atoms. The first-order valence-corrected chi connectivity index (χ1v) is 8.79. The molecule has 128 valence electrons. The van der Waals surface area contributed by atoms with Gasteiger partial charge in [-0.2, -0.15) is 0 Å². The molecule has 2 unspecified atom stereocenters. The molecule has 0 saturated carbocycles. The van der Waals surface area contributed by atoms with Gasteiger partial charge >= 0.3 is 0 Å². The number of aryl methyl sites for hydroxylation is 2. The molecule has 0 fully saturated rings. The Morgan fingerprint density at radius 2 is 1.62 bits per heavy atom. The third kappa shape index (κ3) is 4.95. The van der Waals surface area contributed by atoms with Gasteiger partial charge in [0.1, 0.15) is 0 Å². The first-order chi connectivity index (χ1) is 11.4. The minimum atomic E-state index is 0.00462. The fourth-order valence-corrected chi connectivity index (χ4v) is 2.95. The van der Waals surface area contributed by atoms with Crippen LogP contribution in [0.3, 0.4) is 0 Å². The SMILES string of the molecule is Cc1ccc(CC(c2cccc(C)c2)C(C)NC(=O)C(C)C)cc1. The average molecular weight is 323 g/mol. The van der Waals surface area contributed by atoms with E-state index in [9.17, 15) is 4.79 Å². The lowest BCUT2D eigenvalue weighted by atomic mass is 9.85. The summed E-state index contributed by atoms with van der Waals surface area (Å²) in [7, 11) is 0. The minimum Gasteiger partial charge on any atom is -0.353 e. The van der Waals surface area contributed by atoms with E-state index in [4.69, 9.17) is 0 Å². The monoisotopic (exact) mass is 323 g/mol. The molecule has 0 heterocycles. The smallest absolute Gasteiger partial charge is 0.222 e. The van der Waals surface area contributed by atoms with Gasteiger partial charge in [0.15, 0.2) is 0 Å². The van der Waals surface area contributed by atoms with E-state index in [0.29, 0.717) is 0 Å². The predicted molar refractivity (Wildman–Crippen MR) is 101 cm³/mol. The normalized spacial score (nSPS) is 13.6. The zero-order valence-electron chi connectivity index (χ0n) is 15.5. The first-order valence-electron chi connectivity index (χ1n) is 8.79. The highest BCUT2D eigenvalue weighted by Crippen LogP contribution is 2.26. The molecule has 0 saturated heterocycles. The van der Waals surface area contributed by atoms with Crippen LogP contribution < -0.4 is 5.32 Å². The molecule has 2 nitrogen and oxygen atoms in total. The van der Waals surface area contributed by atoms with E-state index in [1.165, 1.54) is 22.3 Å². The second-order valence-corrected chi connectivity index (χ2v) is 7.16. The maximum Gasteiger partial charge on any atom is 0.222 e. The van der Waals surface area contributed by atoms with E-state index >= 15 is 0 Å². The Morgan fingerprint density at radius 3 is 2.21 bits per heavy atom.